The van der Waals surface area contributed by atoms with Crippen molar-refractivity contribution in [3.63, 3.8) is 0 Å². The van der Waals surface area contributed by atoms with Gasteiger partial charge in [-0.05, 0) is 24.8 Å². The second kappa shape index (κ2) is 8.23. The largest absolute Gasteiger partial charge is 0.384 e. The lowest BCUT2D eigenvalue weighted by molar-refractivity contribution is 0.0488. The van der Waals surface area contributed by atoms with Gasteiger partial charge in [0.05, 0.1) is 17.9 Å². The number of hydrogen-bond donors (Lipinski definition) is 0. The predicted molar refractivity (Wildman–Crippen MR) is 112 cm³/mol. The van der Waals surface area contributed by atoms with E-state index in [0.29, 0.717) is 26.4 Å². The first kappa shape index (κ1) is 19.4. The normalized spacial score (nSPS) is 17.2. The van der Waals surface area contributed by atoms with Crippen LogP contribution in [0.25, 0.3) is 11.3 Å². The number of ether oxygens (including phenoxy) is 2. The minimum atomic E-state index is -0.190. The van der Waals surface area contributed by atoms with Crippen LogP contribution in [0.2, 0.25) is 0 Å². The second-order valence-electron chi connectivity index (χ2n) is 7.39. The number of methoxy groups -OCH3 is 1. The van der Waals surface area contributed by atoms with Crippen molar-refractivity contribution in [1.82, 2.24) is 9.55 Å². The maximum atomic E-state index is 13.7. The van der Waals surface area contributed by atoms with E-state index in [1.165, 1.54) is 5.56 Å². The SMILES string of the molecule is C=CCn1c(SCCOC)nc2c(c1=O)C1(CCOCC1)Cc1ccccc1-2. The van der Waals surface area contributed by atoms with Gasteiger partial charge in [0.15, 0.2) is 5.16 Å². The maximum absolute atomic E-state index is 13.7. The molecule has 2 heterocycles. The number of benzene rings is 1. The van der Waals surface area contributed by atoms with Crippen LogP contribution in [0.1, 0.15) is 24.0 Å². The number of nitrogens with zero attached hydrogens (tertiary/aromatic N) is 2. The van der Waals surface area contributed by atoms with Crippen molar-refractivity contribution >= 4 is 11.8 Å². The van der Waals surface area contributed by atoms with E-state index in [1.54, 1.807) is 29.5 Å². The molecule has 0 atom stereocenters. The lowest BCUT2D eigenvalue weighted by Gasteiger charge is -2.41. The van der Waals surface area contributed by atoms with Gasteiger partial charge in [-0.3, -0.25) is 9.36 Å². The Morgan fingerprint density at radius 3 is 2.89 bits per heavy atom. The molecule has 1 aliphatic heterocycles. The summed E-state index contributed by atoms with van der Waals surface area (Å²) in [5, 5.41) is 0.736. The first-order valence-electron chi connectivity index (χ1n) is 9.74. The Labute approximate surface area is 169 Å². The molecule has 148 valence electrons. The van der Waals surface area contributed by atoms with Gasteiger partial charge in [-0.15, -0.1) is 6.58 Å². The molecule has 1 aromatic heterocycles. The Balaban J connectivity index is 1.94. The van der Waals surface area contributed by atoms with Crippen molar-refractivity contribution in [2.75, 3.05) is 32.7 Å². The number of aromatic nitrogens is 2. The van der Waals surface area contributed by atoms with Crippen LogP contribution >= 0.6 is 11.8 Å². The van der Waals surface area contributed by atoms with E-state index in [4.69, 9.17) is 14.5 Å². The van der Waals surface area contributed by atoms with Crippen LogP contribution in [0, 0.1) is 0 Å². The zero-order valence-corrected chi connectivity index (χ0v) is 17.1. The molecule has 1 fully saturated rings. The van der Waals surface area contributed by atoms with Crippen molar-refractivity contribution in [2.24, 2.45) is 0 Å². The van der Waals surface area contributed by atoms with Crippen LogP contribution in [0.3, 0.4) is 0 Å². The minimum absolute atomic E-state index is 0.0706. The molecule has 0 unspecified atom stereocenters. The number of hydrogen-bond acceptors (Lipinski definition) is 5. The Hall–Kier alpha value is -1.89. The summed E-state index contributed by atoms with van der Waals surface area (Å²) in [7, 11) is 1.68. The fraction of sp³-hybridized carbons (Fsp3) is 0.455. The molecule has 1 aliphatic carbocycles. The Morgan fingerprint density at radius 1 is 1.36 bits per heavy atom. The van der Waals surface area contributed by atoms with Crippen LogP contribution in [0.5, 0.6) is 0 Å². The smallest absolute Gasteiger partial charge is 0.258 e. The number of thioether (sulfide) groups is 1. The summed E-state index contributed by atoms with van der Waals surface area (Å²) >= 11 is 1.56. The van der Waals surface area contributed by atoms with Crippen molar-refractivity contribution in [2.45, 2.75) is 36.4 Å². The molecule has 0 saturated carbocycles. The summed E-state index contributed by atoms with van der Waals surface area (Å²) in [6.45, 7) is 6.30. The lowest BCUT2D eigenvalue weighted by Crippen LogP contribution is -2.45. The average Bonchev–Trinajstić information content (AvgIpc) is 2.71. The fourth-order valence-corrected chi connectivity index (χ4v) is 5.27. The fourth-order valence-electron chi connectivity index (χ4n) is 4.37. The molecule has 28 heavy (non-hydrogen) atoms. The number of rotatable bonds is 6. The first-order valence-corrected chi connectivity index (χ1v) is 10.7. The third kappa shape index (κ3) is 3.34. The second-order valence-corrected chi connectivity index (χ2v) is 8.45. The highest BCUT2D eigenvalue weighted by molar-refractivity contribution is 7.99. The number of fused-ring (bicyclic) bond motifs is 4. The Morgan fingerprint density at radius 2 is 2.14 bits per heavy atom. The van der Waals surface area contributed by atoms with Gasteiger partial charge in [0.25, 0.3) is 5.56 Å². The average molecular weight is 399 g/mol. The third-order valence-electron chi connectivity index (χ3n) is 5.75. The van der Waals surface area contributed by atoms with Crippen LogP contribution in [-0.4, -0.2) is 42.2 Å². The van der Waals surface area contributed by atoms with E-state index >= 15 is 0 Å². The Kier molecular flexibility index (Phi) is 5.71. The summed E-state index contributed by atoms with van der Waals surface area (Å²) in [6.07, 6.45) is 4.36. The molecule has 2 aliphatic rings. The monoisotopic (exact) mass is 398 g/mol. The van der Waals surface area contributed by atoms with Gasteiger partial charge in [-0.25, -0.2) is 4.98 Å². The van der Waals surface area contributed by atoms with E-state index in [0.717, 1.165) is 47.0 Å². The van der Waals surface area contributed by atoms with E-state index in [1.807, 2.05) is 6.07 Å². The van der Waals surface area contributed by atoms with Gasteiger partial charge in [0.2, 0.25) is 0 Å². The van der Waals surface area contributed by atoms with Crippen LogP contribution in [0.4, 0.5) is 0 Å². The predicted octanol–water partition coefficient (Wildman–Crippen LogP) is 3.44. The van der Waals surface area contributed by atoms with E-state index in [-0.39, 0.29) is 11.0 Å². The zero-order valence-electron chi connectivity index (χ0n) is 16.3. The molecular formula is C22H26N2O3S. The van der Waals surface area contributed by atoms with E-state index in [9.17, 15) is 4.79 Å². The summed E-state index contributed by atoms with van der Waals surface area (Å²) in [5.74, 6) is 0.750. The molecular weight excluding hydrogens is 372 g/mol. The zero-order chi connectivity index (χ0) is 19.6. The first-order chi connectivity index (χ1) is 13.7. The van der Waals surface area contributed by atoms with Gasteiger partial charge in [0.1, 0.15) is 0 Å². The van der Waals surface area contributed by atoms with E-state index in [2.05, 4.69) is 24.8 Å². The standard InChI is InChI=1S/C22H26N2O3S/c1-3-10-24-20(25)18-19(23-21(24)28-14-13-26-2)17-7-5-4-6-16(17)15-22(18)8-11-27-12-9-22/h3-7H,1,8-15H2,2H3. The third-order valence-corrected chi connectivity index (χ3v) is 6.69. The molecule has 4 rings (SSSR count). The minimum Gasteiger partial charge on any atom is -0.384 e. The molecule has 1 aromatic carbocycles. The van der Waals surface area contributed by atoms with Crippen molar-refractivity contribution < 1.29 is 9.47 Å². The molecule has 6 heteroatoms. The van der Waals surface area contributed by atoms with Crippen LogP contribution in [0.15, 0.2) is 46.9 Å². The topological polar surface area (TPSA) is 53.4 Å². The van der Waals surface area contributed by atoms with Gasteiger partial charge < -0.3 is 9.47 Å². The summed E-state index contributed by atoms with van der Waals surface area (Å²) in [4.78, 5) is 18.8. The molecule has 1 spiro atoms. The Bertz CT molecular complexity index is 932. The molecule has 0 N–H and O–H groups in total. The van der Waals surface area contributed by atoms with Gasteiger partial charge in [-0.2, -0.15) is 0 Å². The molecule has 0 radical (unpaired) electrons. The van der Waals surface area contributed by atoms with Crippen molar-refractivity contribution in [3.8, 4) is 11.3 Å². The summed E-state index contributed by atoms with van der Waals surface area (Å²) < 4.78 is 12.6. The maximum Gasteiger partial charge on any atom is 0.258 e. The number of allylic oxidation sites excluding steroid dienone is 1. The highest BCUT2D eigenvalue weighted by atomic mass is 32.2. The van der Waals surface area contributed by atoms with Gasteiger partial charge >= 0.3 is 0 Å². The van der Waals surface area contributed by atoms with E-state index < -0.39 is 0 Å². The molecule has 2 aromatic rings. The van der Waals surface area contributed by atoms with Gasteiger partial charge in [0, 0.05) is 43.6 Å². The van der Waals surface area contributed by atoms with Gasteiger partial charge in [-0.1, -0.05) is 42.1 Å². The highest BCUT2D eigenvalue weighted by Crippen LogP contribution is 2.46. The van der Waals surface area contributed by atoms with Crippen molar-refractivity contribution in [3.05, 3.63) is 58.4 Å². The van der Waals surface area contributed by atoms with Crippen LogP contribution in [-0.2, 0) is 27.9 Å². The van der Waals surface area contributed by atoms with Crippen molar-refractivity contribution in [1.29, 1.82) is 0 Å². The molecule has 1 saturated heterocycles. The summed E-state index contributed by atoms with van der Waals surface area (Å²) in [5.41, 5.74) is 3.97. The quantitative estimate of drug-likeness (QED) is 0.323. The molecule has 5 nitrogen and oxygen atoms in total. The van der Waals surface area contributed by atoms with Crippen LogP contribution < -0.4 is 5.56 Å². The lowest BCUT2D eigenvalue weighted by atomic mass is 9.65. The molecule has 0 bridgehead atoms. The highest BCUT2D eigenvalue weighted by Gasteiger charge is 2.43. The molecule has 0 amide bonds. The summed E-state index contributed by atoms with van der Waals surface area (Å²) in [6, 6.07) is 8.36.